The van der Waals surface area contributed by atoms with Crippen LogP contribution in [0.25, 0.3) is 22.5 Å². The van der Waals surface area contributed by atoms with Crippen molar-refractivity contribution in [3.05, 3.63) is 66.0 Å². The Balaban J connectivity index is 2.23. The number of H-pyrrole nitrogens is 1. The van der Waals surface area contributed by atoms with Gasteiger partial charge in [-0.15, -0.1) is 0 Å². The summed E-state index contributed by atoms with van der Waals surface area (Å²) in [5.41, 5.74) is 5.06. The van der Waals surface area contributed by atoms with Gasteiger partial charge in [0.25, 0.3) is 0 Å². The number of nitrogens with zero attached hydrogens (tertiary/aromatic N) is 1. The predicted octanol–water partition coefficient (Wildman–Crippen LogP) is 3.84. The molecule has 4 heteroatoms. The molecule has 2 aromatic heterocycles. The molecule has 0 spiro atoms. The zero-order chi connectivity index (χ0) is 15.5. The molecule has 0 bridgehead atoms. The molecule has 0 saturated carbocycles. The van der Waals surface area contributed by atoms with E-state index in [0.29, 0.717) is 5.56 Å². The van der Waals surface area contributed by atoms with Gasteiger partial charge in [0.15, 0.2) is 0 Å². The maximum absolute atomic E-state index is 12.2. The van der Waals surface area contributed by atoms with E-state index in [4.69, 9.17) is 4.74 Å². The van der Waals surface area contributed by atoms with E-state index in [9.17, 15) is 4.79 Å². The first-order valence-electron chi connectivity index (χ1n) is 6.99. The summed E-state index contributed by atoms with van der Waals surface area (Å²) in [7, 11) is 1.40. The van der Waals surface area contributed by atoms with Crippen LogP contribution < -0.4 is 0 Å². The molecule has 0 aliphatic carbocycles. The molecular formula is C18H16N2O2. The molecule has 1 aromatic carbocycles. The fourth-order valence-corrected chi connectivity index (χ4v) is 2.58. The largest absolute Gasteiger partial charge is 0.465 e. The third kappa shape index (κ3) is 2.39. The molecule has 0 unspecified atom stereocenters. The lowest BCUT2D eigenvalue weighted by molar-refractivity contribution is 0.0601. The topological polar surface area (TPSA) is 55.0 Å². The first kappa shape index (κ1) is 14.1. The molecular weight excluding hydrogens is 276 g/mol. The Morgan fingerprint density at radius 2 is 1.64 bits per heavy atom. The maximum atomic E-state index is 12.2. The average Bonchev–Trinajstić information content (AvgIpc) is 2.93. The molecule has 0 atom stereocenters. The maximum Gasteiger partial charge on any atom is 0.340 e. The second kappa shape index (κ2) is 5.85. The molecule has 0 aliphatic rings. The fraction of sp³-hybridized carbons (Fsp3) is 0.111. The van der Waals surface area contributed by atoms with Gasteiger partial charge in [0.2, 0.25) is 0 Å². The minimum Gasteiger partial charge on any atom is -0.465 e. The second-order valence-electron chi connectivity index (χ2n) is 4.97. The Morgan fingerprint density at radius 3 is 2.27 bits per heavy atom. The minimum absolute atomic E-state index is 0.340. The molecule has 0 amide bonds. The Labute approximate surface area is 128 Å². The van der Waals surface area contributed by atoms with Crippen molar-refractivity contribution in [2.24, 2.45) is 0 Å². The third-order valence-corrected chi connectivity index (χ3v) is 3.67. The van der Waals surface area contributed by atoms with Gasteiger partial charge in [-0.1, -0.05) is 30.3 Å². The van der Waals surface area contributed by atoms with E-state index in [1.54, 1.807) is 12.4 Å². The van der Waals surface area contributed by atoms with E-state index < -0.39 is 0 Å². The number of aromatic amines is 1. The fourth-order valence-electron chi connectivity index (χ4n) is 2.58. The summed E-state index contributed by atoms with van der Waals surface area (Å²) in [5.74, 6) is -0.340. The molecule has 3 rings (SSSR count). The SMILES string of the molecule is COC(=O)c1c(-c2ccccc2)[nH]c(-c2ccncc2)c1C. The van der Waals surface area contributed by atoms with Gasteiger partial charge >= 0.3 is 5.97 Å². The first-order chi connectivity index (χ1) is 10.7. The van der Waals surface area contributed by atoms with Crippen molar-refractivity contribution in [1.29, 1.82) is 0 Å². The molecule has 3 aromatic rings. The highest BCUT2D eigenvalue weighted by molar-refractivity contribution is 6.00. The van der Waals surface area contributed by atoms with Crippen molar-refractivity contribution >= 4 is 5.97 Å². The van der Waals surface area contributed by atoms with Gasteiger partial charge in [0.1, 0.15) is 0 Å². The van der Waals surface area contributed by atoms with E-state index in [1.807, 2.05) is 49.4 Å². The molecule has 0 radical (unpaired) electrons. The van der Waals surface area contributed by atoms with Crippen molar-refractivity contribution < 1.29 is 9.53 Å². The minimum atomic E-state index is -0.340. The highest BCUT2D eigenvalue weighted by Gasteiger charge is 2.22. The van der Waals surface area contributed by atoms with Crippen molar-refractivity contribution in [2.75, 3.05) is 7.11 Å². The van der Waals surface area contributed by atoms with Crippen LogP contribution in [-0.4, -0.2) is 23.0 Å². The van der Waals surface area contributed by atoms with E-state index in [2.05, 4.69) is 9.97 Å². The first-order valence-corrected chi connectivity index (χ1v) is 6.99. The Hall–Kier alpha value is -2.88. The molecule has 4 nitrogen and oxygen atoms in total. The van der Waals surface area contributed by atoms with E-state index in [-0.39, 0.29) is 5.97 Å². The van der Waals surface area contributed by atoms with Gasteiger partial charge < -0.3 is 9.72 Å². The van der Waals surface area contributed by atoms with Crippen LogP contribution >= 0.6 is 0 Å². The smallest absolute Gasteiger partial charge is 0.340 e. The zero-order valence-corrected chi connectivity index (χ0v) is 12.5. The van der Waals surface area contributed by atoms with Crippen LogP contribution in [0.4, 0.5) is 0 Å². The number of aromatic nitrogens is 2. The number of esters is 1. The number of carbonyl (C=O) groups is 1. The van der Waals surface area contributed by atoms with Crippen LogP contribution in [0.15, 0.2) is 54.9 Å². The predicted molar refractivity (Wildman–Crippen MR) is 85.5 cm³/mol. The molecule has 2 heterocycles. The Bertz CT molecular complexity index is 793. The number of methoxy groups -OCH3 is 1. The normalized spacial score (nSPS) is 10.5. The number of hydrogen-bond acceptors (Lipinski definition) is 3. The van der Waals surface area contributed by atoms with Crippen LogP contribution in [0, 0.1) is 6.92 Å². The summed E-state index contributed by atoms with van der Waals surface area (Å²) in [4.78, 5) is 19.6. The van der Waals surface area contributed by atoms with Gasteiger partial charge in [0, 0.05) is 23.7 Å². The highest BCUT2D eigenvalue weighted by atomic mass is 16.5. The van der Waals surface area contributed by atoms with Gasteiger partial charge in [-0.3, -0.25) is 4.98 Å². The number of pyridine rings is 1. The third-order valence-electron chi connectivity index (χ3n) is 3.67. The molecule has 110 valence electrons. The lowest BCUT2D eigenvalue weighted by Crippen LogP contribution is -2.03. The number of ether oxygens (including phenoxy) is 1. The Morgan fingerprint density at radius 1 is 1.00 bits per heavy atom. The van der Waals surface area contributed by atoms with Gasteiger partial charge in [-0.25, -0.2) is 4.79 Å². The van der Waals surface area contributed by atoms with Crippen LogP contribution in [0.2, 0.25) is 0 Å². The van der Waals surface area contributed by atoms with Crippen LogP contribution in [0.3, 0.4) is 0 Å². The highest BCUT2D eigenvalue weighted by Crippen LogP contribution is 2.33. The summed E-state index contributed by atoms with van der Waals surface area (Å²) in [6.45, 7) is 1.92. The monoisotopic (exact) mass is 292 g/mol. The second-order valence-corrected chi connectivity index (χ2v) is 4.97. The quantitative estimate of drug-likeness (QED) is 0.746. The van der Waals surface area contributed by atoms with Crippen molar-refractivity contribution in [1.82, 2.24) is 9.97 Å². The van der Waals surface area contributed by atoms with Crippen molar-refractivity contribution in [3.63, 3.8) is 0 Å². The van der Waals surface area contributed by atoms with Crippen molar-refractivity contribution in [2.45, 2.75) is 6.92 Å². The van der Waals surface area contributed by atoms with E-state index in [0.717, 1.165) is 28.1 Å². The van der Waals surface area contributed by atoms with Crippen LogP contribution in [0.5, 0.6) is 0 Å². The standard InChI is InChI=1S/C18H16N2O2/c1-12-15(18(21)22-2)17(13-6-4-3-5-7-13)20-16(12)14-8-10-19-11-9-14/h3-11,20H,1-2H3. The number of rotatable bonds is 3. The summed E-state index contributed by atoms with van der Waals surface area (Å²) < 4.78 is 4.96. The van der Waals surface area contributed by atoms with Crippen LogP contribution in [0.1, 0.15) is 15.9 Å². The summed E-state index contributed by atoms with van der Waals surface area (Å²) in [6.07, 6.45) is 3.46. The molecule has 22 heavy (non-hydrogen) atoms. The van der Waals surface area contributed by atoms with E-state index >= 15 is 0 Å². The lowest BCUT2D eigenvalue weighted by atomic mass is 10.0. The zero-order valence-electron chi connectivity index (χ0n) is 12.5. The number of nitrogens with one attached hydrogen (secondary N) is 1. The van der Waals surface area contributed by atoms with Crippen LogP contribution in [-0.2, 0) is 4.74 Å². The Kier molecular flexibility index (Phi) is 3.74. The molecule has 0 aliphatic heterocycles. The number of benzene rings is 1. The number of hydrogen-bond donors (Lipinski definition) is 1. The summed E-state index contributed by atoms with van der Waals surface area (Å²) in [6, 6.07) is 13.6. The van der Waals surface area contributed by atoms with E-state index in [1.165, 1.54) is 7.11 Å². The molecule has 0 fully saturated rings. The van der Waals surface area contributed by atoms with Gasteiger partial charge in [0.05, 0.1) is 18.4 Å². The molecule has 1 N–H and O–H groups in total. The number of carbonyl (C=O) groups excluding carboxylic acids is 1. The molecule has 0 saturated heterocycles. The lowest BCUT2D eigenvalue weighted by Gasteiger charge is -2.03. The summed E-state index contributed by atoms with van der Waals surface area (Å²) in [5, 5.41) is 0. The van der Waals surface area contributed by atoms with Crippen molar-refractivity contribution in [3.8, 4) is 22.5 Å². The average molecular weight is 292 g/mol. The summed E-state index contributed by atoms with van der Waals surface area (Å²) >= 11 is 0. The van der Waals surface area contributed by atoms with Gasteiger partial charge in [-0.05, 0) is 30.2 Å². The van der Waals surface area contributed by atoms with Gasteiger partial charge in [-0.2, -0.15) is 0 Å².